The molecule has 116 valence electrons. The lowest BCUT2D eigenvalue weighted by atomic mass is 10.2. The van der Waals surface area contributed by atoms with Gasteiger partial charge in [-0.15, -0.1) is 0 Å². The Morgan fingerprint density at radius 3 is 2.24 bits per heavy atom. The summed E-state index contributed by atoms with van der Waals surface area (Å²) in [5.74, 6) is -0.252. The molecule has 2 amide bonds. The highest BCUT2D eigenvalue weighted by molar-refractivity contribution is 6.39. The molecule has 6 heteroatoms. The Kier molecular flexibility index (Phi) is 6.52. The number of ether oxygens (including phenoxy) is 2. The highest BCUT2D eigenvalue weighted by atomic mass is 16.5. The zero-order valence-corrected chi connectivity index (χ0v) is 12.9. The quantitative estimate of drug-likeness (QED) is 0.786. The fourth-order valence-corrected chi connectivity index (χ4v) is 1.64. The van der Waals surface area contributed by atoms with E-state index in [1.54, 1.807) is 32.0 Å². The lowest BCUT2D eigenvalue weighted by Crippen LogP contribution is -2.39. The molecule has 2 N–H and O–H groups in total. The Bertz CT molecular complexity index is 500. The van der Waals surface area contributed by atoms with Crippen LogP contribution in [0.2, 0.25) is 0 Å². The first-order valence-corrected chi connectivity index (χ1v) is 6.99. The molecule has 21 heavy (non-hydrogen) atoms. The molecule has 0 spiro atoms. The van der Waals surface area contributed by atoms with Crippen molar-refractivity contribution in [2.24, 2.45) is 0 Å². The Hall–Kier alpha value is -2.24. The summed E-state index contributed by atoms with van der Waals surface area (Å²) >= 11 is 0. The molecule has 0 aliphatic heterocycles. The standard InChI is InChI=1S/C15H22N2O4/c1-5-20-12-8-7-11(9-13(12)21-6-2)17-15(19)14(18)16-10(3)4/h7-10H,5-6H2,1-4H3,(H,16,18)(H,17,19). The normalized spacial score (nSPS) is 10.1. The number of rotatable bonds is 6. The number of nitrogens with one attached hydrogen (secondary N) is 2. The summed E-state index contributed by atoms with van der Waals surface area (Å²) in [5.41, 5.74) is 0.478. The Morgan fingerprint density at radius 2 is 1.67 bits per heavy atom. The summed E-state index contributed by atoms with van der Waals surface area (Å²) < 4.78 is 10.9. The summed E-state index contributed by atoms with van der Waals surface area (Å²) in [6.45, 7) is 8.30. The van der Waals surface area contributed by atoms with Gasteiger partial charge in [-0.25, -0.2) is 0 Å². The van der Waals surface area contributed by atoms with Crippen molar-refractivity contribution in [3.05, 3.63) is 18.2 Å². The maximum Gasteiger partial charge on any atom is 0.313 e. The molecule has 0 unspecified atom stereocenters. The molecular formula is C15H22N2O4. The van der Waals surface area contributed by atoms with E-state index in [0.29, 0.717) is 30.4 Å². The summed E-state index contributed by atoms with van der Waals surface area (Å²) in [6, 6.07) is 4.90. The van der Waals surface area contributed by atoms with Crippen LogP contribution in [0.25, 0.3) is 0 Å². The smallest absolute Gasteiger partial charge is 0.313 e. The third kappa shape index (κ3) is 5.33. The van der Waals surface area contributed by atoms with Crippen molar-refractivity contribution in [3.8, 4) is 11.5 Å². The van der Waals surface area contributed by atoms with Gasteiger partial charge in [0.25, 0.3) is 0 Å². The molecule has 0 radical (unpaired) electrons. The second-order valence-electron chi connectivity index (χ2n) is 4.61. The van der Waals surface area contributed by atoms with Crippen LogP contribution in [-0.4, -0.2) is 31.1 Å². The van der Waals surface area contributed by atoms with Crippen molar-refractivity contribution in [2.45, 2.75) is 33.7 Å². The van der Waals surface area contributed by atoms with Gasteiger partial charge in [0, 0.05) is 17.8 Å². The van der Waals surface area contributed by atoms with Gasteiger partial charge < -0.3 is 20.1 Å². The van der Waals surface area contributed by atoms with Crippen LogP contribution in [0, 0.1) is 0 Å². The second-order valence-corrected chi connectivity index (χ2v) is 4.61. The van der Waals surface area contributed by atoms with Crippen LogP contribution in [0.1, 0.15) is 27.7 Å². The van der Waals surface area contributed by atoms with Gasteiger partial charge in [0.1, 0.15) is 0 Å². The van der Waals surface area contributed by atoms with Gasteiger partial charge in [-0.2, -0.15) is 0 Å². The largest absolute Gasteiger partial charge is 0.490 e. The number of carbonyl (C=O) groups is 2. The first kappa shape index (κ1) is 16.8. The van der Waals surface area contributed by atoms with Crippen LogP contribution >= 0.6 is 0 Å². The van der Waals surface area contributed by atoms with Gasteiger partial charge >= 0.3 is 11.8 Å². The highest BCUT2D eigenvalue weighted by Crippen LogP contribution is 2.30. The van der Waals surface area contributed by atoms with Gasteiger partial charge in [0.2, 0.25) is 0 Å². The van der Waals surface area contributed by atoms with Crippen molar-refractivity contribution in [1.29, 1.82) is 0 Å². The summed E-state index contributed by atoms with van der Waals surface area (Å²) in [4.78, 5) is 23.3. The van der Waals surface area contributed by atoms with Crippen LogP contribution in [0.3, 0.4) is 0 Å². The van der Waals surface area contributed by atoms with Crippen molar-refractivity contribution in [3.63, 3.8) is 0 Å². The Balaban J connectivity index is 2.81. The topological polar surface area (TPSA) is 76.7 Å². The maximum atomic E-state index is 11.7. The molecule has 6 nitrogen and oxygen atoms in total. The number of hydrogen-bond acceptors (Lipinski definition) is 4. The molecule has 0 aromatic heterocycles. The molecular weight excluding hydrogens is 272 g/mol. The van der Waals surface area contributed by atoms with Crippen molar-refractivity contribution in [2.75, 3.05) is 18.5 Å². The Labute approximate surface area is 124 Å². The monoisotopic (exact) mass is 294 g/mol. The van der Waals surface area contributed by atoms with Crippen molar-refractivity contribution >= 4 is 17.5 Å². The summed E-state index contributed by atoms with van der Waals surface area (Å²) in [6.07, 6.45) is 0. The average molecular weight is 294 g/mol. The van der Waals surface area contributed by atoms with E-state index in [1.807, 2.05) is 13.8 Å². The minimum Gasteiger partial charge on any atom is -0.490 e. The van der Waals surface area contributed by atoms with Gasteiger partial charge in [0.05, 0.1) is 13.2 Å². The predicted molar refractivity (Wildman–Crippen MR) is 80.7 cm³/mol. The van der Waals surface area contributed by atoms with Crippen molar-refractivity contribution < 1.29 is 19.1 Å². The van der Waals surface area contributed by atoms with E-state index in [1.165, 1.54) is 0 Å². The van der Waals surface area contributed by atoms with E-state index in [-0.39, 0.29) is 6.04 Å². The van der Waals surface area contributed by atoms with E-state index in [9.17, 15) is 9.59 Å². The van der Waals surface area contributed by atoms with Gasteiger partial charge in [-0.05, 0) is 39.8 Å². The molecule has 0 atom stereocenters. The van der Waals surface area contributed by atoms with Crippen LogP contribution < -0.4 is 20.1 Å². The lowest BCUT2D eigenvalue weighted by Gasteiger charge is -2.13. The molecule has 0 heterocycles. The predicted octanol–water partition coefficient (Wildman–Crippen LogP) is 1.95. The average Bonchev–Trinajstić information content (AvgIpc) is 2.41. The zero-order valence-electron chi connectivity index (χ0n) is 12.9. The maximum absolute atomic E-state index is 11.7. The molecule has 1 aromatic rings. The minimum atomic E-state index is -0.713. The zero-order chi connectivity index (χ0) is 15.8. The van der Waals surface area contributed by atoms with E-state index in [4.69, 9.17) is 9.47 Å². The molecule has 0 aliphatic rings. The van der Waals surface area contributed by atoms with Crippen LogP contribution in [0.15, 0.2) is 18.2 Å². The lowest BCUT2D eigenvalue weighted by molar-refractivity contribution is -0.136. The molecule has 0 saturated heterocycles. The Morgan fingerprint density at radius 1 is 1.05 bits per heavy atom. The third-order valence-electron chi connectivity index (χ3n) is 2.43. The molecule has 0 fully saturated rings. The van der Waals surface area contributed by atoms with Gasteiger partial charge in [0.15, 0.2) is 11.5 Å². The van der Waals surface area contributed by atoms with E-state index in [2.05, 4.69) is 10.6 Å². The number of hydrogen-bond donors (Lipinski definition) is 2. The van der Waals surface area contributed by atoms with Crippen LogP contribution in [0.4, 0.5) is 5.69 Å². The van der Waals surface area contributed by atoms with Crippen LogP contribution in [-0.2, 0) is 9.59 Å². The number of anilines is 1. The molecule has 0 saturated carbocycles. The SMILES string of the molecule is CCOc1ccc(NC(=O)C(=O)NC(C)C)cc1OCC. The summed E-state index contributed by atoms with van der Waals surface area (Å²) in [5, 5.41) is 5.06. The van der Waals surface area contributed by atoms with Gasteiger partial charge in [-0.3, -0.25) is 9.59 Å². The molecule has 1 rings (SSSR count). The molecule has 1 aromatic carbocycles. The first-order chi connectivity index (χ1) is 9.97. The number of benzene rings is 1. The number of carbonyl (C=O) groups excluding carboxylic acids is 2. The minimum absolute atomic E-state index is 0.0948. The third-order valence-corrected chi connectivity index (χ3v) is 2.43. The van der Waals surface area contributed by atoms with E-state index >= 15 is 0 Å². The van der Waals surface area contributed by atoms with E-state index in [0.717, 1.165) is 0 Å². The fraction of sp³-hybridized carbons (Fsp3) is 0.467. The highest BCUT2D eigenvalue weighted by Gasteiger charge is 2.15. The molecule has 0 aliphatic carbocycles. The second kappa shape index (κ2) is 8.14. The number of amides is 2. The van der Waals surface area contributed by atoms with Crippen molar-refractivity contribution in [1.82, 2.24) is 5.32 Å². The van der Waals surface area contributed by atoms with Gasteiger partial charge in [-0.1, -0.05) is 0 Å². The van der Waals surface area contributed by atoms with E-state index < -0.39 is 11.8 Å². The molecule has 0 bridgehead atoms. The fourth-order valence-electron chi connectivity index (χ4n) is 1.64. The first-order valence-electron chi connectivity index (χ1n) is 6.99. The summed E-state index contributed by atoms with van der Waals surface area (Å²) in [7, 11) is 0. The van der Waals surface area contributed by atoms with Crippen LogP contribution in [0.5, 0.6) is 11.5 Å².